The number of anilines is 1. The Morgan fingerprint density at radius 1 is 1.07 bits per heavy atom. The molecule has 1 aromatic heterocycles. The first-order valence-electron chi connectivity index (χ1n) is 14.7. The fourth-order valence-electron chi connectivity index (χ4n) is 7.92. The minimum Gasteiger partial charge on any atom is -0.444 e. The van der Waals surface area contributed by atoms with E-state index in [-0.39, 0.29) is 41.4 Å². The van der Waals surface area contributed by atoms with E-state index in [1.165, 1.54) is 6.07 Å². The molecule has 2 unspecified atom stereocenters. The van der Waals surface area contributed by atoms with Gasteiger partial charge in [-0.25, -0.2) is 9.18 Å². The molecule has 214 valence electrons. The van der Waals surface area contributed by atoms with Gasteiger partial charge < -0.3 is 24.2 Å². The number of hydrogen-bond acceptors (Lipinski definition) is 6. The molecule has 0 radical (unpaired) electrons. The molecule has 5 aliphatic rings. The van der Waals surface area contributed by atoms with Crippen molar-refractivity contribution in [3.8, 4) is 0 Å². The van der Waals surface area contributed by atoms with Crippen LogP contribution in [-0.4, -0.2) is 88.7 Å². The van der Waals surface area contributed by atoms with Crippen LogP contribution >= 0.6 is 0 Å². The monoisotopic (exact) mass is 551 g/mol. The minimum atomic E-state index is -0.264. The van der Waals surface area contributed by atoms with Crippen molar-refractivity contribution in [1.82, 2.24) is 19.6 Å². The van der Waals surface area contributed by atoms with Crippen molar-refractivity contribution < 1.29 is 23.5 Å². The van der Waals surface area contributed by atoms with Crippen molar-refractivity contribution >= 4 is 17.7 Å². The number of ether oxygens (including phenoxy) is 2. The molecule has 9 nitrogen and oxygen atoms in total. The molecule has 0 aliphatic carbocycles. The molecule has 2 amide bonds. The Bertz CT molecular complexity index is 1280. The number of fused-ring (bicyclic) bond motifs is 4. The van der Waals surface area contributed by atoms with E-state index in [4.69, 9.17) is 9.47 Å². The normalized spacial score (nSPS) is 29.3. The lowest BCUT2D eigenvalue weighted by Gasteiger charge is -2.47. The molecule has 5 aliphatic heterocycles. The van der Waals surface area contributed by atoms with E-state index in [1.54, 1.807) is 16.8 Å². The lowest BCUT2D eigenvalue weighted by molar-refractivity contribution is 0.00970. The smallest absolute Gasteiger partial charge is 0.410 e. The first-order valence-corrected chi connectivity index (χ1v) is 14.7. The van der Waals surface area contributed by atoms with Crippen LogP contribution in [0.5, 0.6) is 0 Å². The van der Waals surface area contributed by atoms with Gasteiger partial charge in [-0.1, -0.05) is 0 Å². The summed E-state index contributed by atoms with van der Waals surface area (Å²) in [5, 5.41) is 4.42. The van der Waals surface area contributed by atoms with Crippen LogP contribution in [0, 0.1) is 12.7 Å². The zero-order valence-electron chi connectivity index (χ0n) is 23.4. The summed E-state index contributed by atoms with van der Waals surface area (Å²) < 4.78 is 27.4. The van der Waals surface area contributed by atoms with Crippen molar-refractivity contribution in [1.29, 1.82) is 0 Å². The van der Waals surface area contributed by atoms with Gasteiger partial charge >= 0.3 is 6.09 Å². The van der Waals surface area contributed by atoms with Crippen LogP contribution in [0.1, 0.15) is 66.7 Å². The quantitative estimate of drug-likeness (QED) is 0.578. The fourth-order valence-corrected chi connectivity index (χ4v) is 7.92. The number of benzene rings is 1. The molecule has 4 saturated heterocycles. The topological polar surface area (TPSA) is 80.1 Å². The summed E-state index contributed by atoms with van der Waals surface area (Å²) in [7, 11) is 1.83. The van der Waals surface area contributed by atoms with E-state index in [2.05, 4.69) is 10.00 Å². The third-order valence-corrected chi connectivity index (χ3v) is 10.2. The van der Waals surface area contributed by atoms with Gasteiger partial charge in [0.25, 0.3) is 5.91 Å². The molecular weight excluding hydrogens is 513 g/mol. The summed E-state index contributed by atoms with van der Waals surface area (Å²) in [6.45, 7) is 5.44. The van der Waals surface area contributed by atoms with Crippen molar-refractivity contribution in [2.75, 3.05) is 37.7 Å². The van der Waals surface area contributed by atoms with Gasteiger partial charge in [0.2, 0.25) is 0 Å². The van der Waals surface area contributed by atoms with E-state index >= 15 is 0 Å². The van der Waals surface area contributed by atoms with Crippen LogP contribution in [0.2, 0.25) is 0 Å². The van der Waals surface area contributed by atoms with Crippen LogP contribution in [-0.2, 0) is 21.9 Å². The van der Waals surface area contributed by atoms with Crippen molar-refractivity contribution in [3.05, 3.63) is 47.0 Å². The van der Waals surface area contributed by atoms with Crippen LogP contribution in [0.15, 0.2) is 24.3 Å². The Morgan fingerprint density at radius 2 is 1.82 bits per heavy atom. The van der Waals surface area contributed by atoms with Crippen LogP contribution < -0.4 is 4.90 Å². The highest BCUT2D eigenvalue weighted by Gasteiger charge is 2.50. The van der Waals surface area contributed by atoms with Crippen molar-refractivity contribution in [3.63, 3.8) is 0 Å². The summed E-state index contributed by atoms with van der Waals surface area (Å²) in [4.78, 5) is 33.0. The van der Waals surface area contributed by atoms with Crippen LogP contribution in [0.4, 0.5) is 14.9 Å². The molecule has 7 rings (SSSR count). The van der Waals surface area contributed by atoms with E-state index in [1.807, 2.05) is 29.8 Å². The highest BCUT2D eigenvalue weighted by Crippen LogP contribution is 2.49. The van der Waals surface area contributed by atoms with Crippen LogP contribution in [0.25, 0.3) is 0 Å². The highest BCUT2D eigenvalue weighted by molar-refractivity contribution is 6.06. The second-order valence-corrected chi connectivity index (χ2v) is 12.5. The lowest BCUT2D eigenvalue weighted by atomic mass is 9.73. The third-order valence-electron chi connectivity index (χ3n) is 10.2. The Balaban J connectivity index is 1.04. The maximum atomic E-state index is 14.5. The lowest BCUT2D eigenvalue weighted by Crippen LogP contribution is -2.56. The number of carbonyl (C=O) groups excluding carboxylic acids is 2. The molecule has 6 heterocycles. The second-order valence-electron chi connectivity index (χ2n) is 12.5. The highest BCUT2D eigenvalue weighted by atomic mass is 19.1. The largest absolute Gasteiger partial charge is 0.444 e. The van der Waals surface area contributed by atoms with Gasteiger partial charge in [0.15, 0.2) is 5.69 Å². The van der Waals surface area contributed by atoms with Crippen LogP contribution in [0.3, 0.4) is 0 Å². The summed E-state index contributed by atoms with van der Waals surface area (Å²) in [6, 6.07) is 7.54. The molecule has 1 aromatic carbocycles. The van der Waals surface area contributed by atoms with Gasteiger partial charge in [0.05, 0.1) is 13.2 Å². The molecule has 1 spiro atoms. The first kappa shape index (κ1) is 26.0. The number of aryl methyl sites for hydroxylation is 2. The number of hydrogen-bond donors (Lipinski definition) is 0. The first-order chi connectivity index (χ1) is 19.3. The van der Waals surface area contributed by atoms with E-state index in [9.17, 15) is 14.0 Å². The standard InChI is InChI=1S/C30H38FN5O4/c1-19-13-26(32-33(19)2)28(37)35-18-30(25-14-20(31)3-6-27(25)35)8-10-34(11-9-30)23-15-21-4-5-22(16-23)36(21)29(38)40-24-7-12-39-17-24/h3,6,13-14,21-24H,4-5,7-12,15-18H2,1-2H3/t21?,22?,23?,24-/m0/s1. The fraction of sp³-hybridized carbons (Fsp3) is 0.633. The molecule has 0 saturated carbocycles. The van der Waals surface area contributed by atoms with E-state index < -0.39 is 0 Å². The van der Waals surface area contributed by atoms with Gasteiger partial charge in [0.1, 0.15) is 11.9 Å². The molecule has 10 heteroatoms. The Hall–Kier alpha value is -2.98. The van der Waals surface area contributed by atoms with Gasteiger partial charge in [-0.15, -0.1) is 0 Å². The number of carbonyl (C=O) groups is 2. The summed E-state index contributed by atoms with van der Waals surface area (Å²) >= 11 is 0. The van der Waals surface area contributed by atoms with Gasteiger partial charge in [-0.3, -0.25) is 9.48 Å². The van der Waals surface area contributed by atoms with Gasteiger partial charge in [-0.05, 0) is 88.4 Å². The van der Waals surface area contributed by atoms with Gasteiger partial charge in [-0.2, -0.15) is 5.10 Å². The Kier molecular flexibility index (Phi) is 6.38. The maximum Gasteiger partial charge on any atom is 0.410 e. The number of rotatable bonds is 3. The Morgan fingerprint density at radius 3 is 2.48 bits per heavy atom. The molecule has 40 heavy (non-hydrogen) atoms. The second kappa shape index (κ2) is 9.83. The van der Waals surface area contributed by atoms with E-state index in [0.29, 0.717) is 31.5 Å². The minimum absolute atomic E-state index is 0.116. The predicted octanol–water partition coefficient (Wildman–Crippen LogP) is 3.78. The van der Waals surface area contributed by atoms with Crippen molar-refractivity contribution in [2.45, 2.75) is 81.5 Å². The average molecular weight is 552 g/mol. The van der Waals surface area contributed by atoms with Crippen molar-refractivity contribution in [2.24, 2.45) is 7.05 Å². The number of amides is 2. The molecule has 2 bridgehead atoms. The number of piperidine rings is 2. The zero-order valence-corrected chi connectivity index (χ0v) is 23.4. The molecule has 0 N–H and O–H groups in total. The number of likely N-dealkylation sites (tertiary alicyclic amines) is 1. The summed E-state index contributed by atoms with van der Waals surface area (Å²) in [5.74, 6) is -0.389. The predicted molar refractivity (Wildman–Crippen MR) is 146 cm³/mol. The maximum absolute atomic E-state index is 14.5. The van der Waals surface area contributed by atoms with E-state index in [0.717, 1.165) is 75.0 Å². The molecule has 2 aromatic rings. The SMILES string of the molecule is Cc1cc(C(=O)N2CC3(CCN(C4CC5CCC(C4)N5C(=O)O[C@H]4CCOC4)CC3)c3cc(F)ccc32)nn1C. The number of aromatic nitrogens is 2. The molecule has 3 atom stereocenters. The third kappa shape index (κ3) is 4.31. The van der Waals surface area contributed by atoms with Gasteiger partial charge in [0, 0.05) is 54.9 Å². The summed E-state index contributed by atoms with van der Waals surface area (Å²) in [6.07, 6.45) is 6.24. The zero-order chi connectivity index (χ0) is 27.6. The number of nitrogens with zero attached hydrogens (tertiary/aromatic N) is 5. The summed E-state index contributed by atoms with van der Waals surface area (Å²) in [5.41, 5.74) is 2.83. The molecule has 4 fully saturated rings. The average Bonchev–Trinajstić information content (AvgIpc) is 3.70. The Labute approximate surface area is 234 Å². The molecular formula is C30H38FN5O4. The number of halogens is 1.